The third-order valence-corrected chi connectivity index (χ3v) is 3.78. The van der Waals surface area contributed by atoms with Crippen molar-refractivity contribution < 1.29 is 18.3 Å². The van der Waals surface area contributed by atoms with Crippen LogP contribution in [-0.4, -0.2) is 11.2 Å². The Morgan fingerprint density at radius 2 is 1.94 bits per heavy atom. The second-order valence-corrected chi connectivity index (χ2v) is 4.65. The van der Waals surface area contributed by atoms with Crippen LogP contribution in [0, 0.1) is 0 Å². The van der Waals surface area contributed by atoms with Crippen LogP contribution in [0.15, 0.2) is 18.2 Å². The zero-order valence-electron chi connectivity index (χ0n) is 8.46. The van der Waals surface area contributed by atoms with Crippen molar-refractivity contribution in [2.75, 3.05) is 0 Å². The number of fused-ring (bicyclic) bond motifs is 5. The van der Waals surface area contributed by atoms with E-state index in [1.54, 1.807) is 6.07 Å². The summed E-state index contributed by atoms with van der Waals surface area (Å²) < 4.78 is 38.4. The summed E-state index contributed by atoms with van der Waals surface area (Å²) in [6.07, 6.45) is -3.59. The van der Waals surface area contributed by atoms with E-state index in [1.165, 1.54) is 6.07 Å². The molecule has 2 aliphatic carbocycles. The molecule has 0 radical (unpaired) electrons. The Morgan fingerprint density at radius 1 is 1.19 bits per heavy atom. The molecule has 4 heteroatoms. The largest absolute Gasteiger partial charge is 0.416 e. The molecule has 0 heterocycles. The molecule has 1 aromatic rings. The zero-order valence-corrected chi connectivity index (χ0v) is 8.46. The van der Waals surface area contributed by atoms with Crippen molar-refractivity contribution in [2.24, 2.45) is 0 Å². The third kappa shape index (κ3) is 1.22. The van der Waals surface area contributed by atoms with Crippen molar-refractivity contribution in [2.45, 2.75) is 37.0 Å². The minimum atomic E-state index is -4.28. The van der Waals surface area contributed by atoms with Gasteiger partial charge in [0.05, 0.1) is 11.7 Å². The van der Waals surface area contributed by atoms with Gasteiger partial charge in [0.15, 0.2) is 0 Å². The van der Waals surface area contributed by atoms with Crippen molar-refractivity contribution in [1.82, 2.24) is 0 Å². The van der Waals surface area contributed by atoms with Crippen LogP contribution in [0.25, 0.3) is 0 Å². The molecule has 1 fully saturated rings. The monoisotopic (exact) mass is 228 g/mol. The highest BCUT2D eigenvalue weighted by Crippen LogP contribution is 2.55. The second-order valence-electron chi connectivity index (χ2n) is 4.65. The lowest BCUT2D eigenvalue weighted by Crippen LogP contribution is -2.19. The lowest BCUT2D eigenvalue weighted by molar-refractivity contribution is -0.138. The van der Waals surface area contributed by atoms with Crippen molar-refractivity contribution in [3.63, 3.8) is 0 Å². The molecule has 3 rings (SSSR count). The van der Waals surface area contributed by atoms with Gasteiger partial charge >= 0.3 is 6.18 Å². The van der Waals surface area contributed by atoms with E-state index >= 15 is 0 Å². The Labute approximate surface area is 90.9 Å². The Morgan fingerprint density at radius 3 is 2.62 bits per heavy atom. The molecule has 0 amide bonds. The summed E-state index contributed by atoms with van der Waals surface area (Å²) in [5.74, 6) is -0.185. The number of hydrogen-bond acceptors (Lipinski definition) is 1. The molecule has 3 atom stereocenters. The maximum Gasteiger partial charge on any atom is 0.416 e. The number of aliphatic hydroxyl groups is 1. The third-order valence-electron chi connectivity index (χ3n) is 3.78. The minimum Gasteiger partial charge on any atom is -0.392 e. The molecule has 16 heavy (non-hydrogen) atoms. The molecule has 1 N–H and O–H groups in total. The number of rotatable bonds is 0. The van der Waals surface area contributed by atoms with E-state index in [9.17, 15) is 18.3 Å². The van der Waals surface area contributed by atoms with Gasteiger partial charge in [-0.3, -0.25) is 0 Å². The van der Waals surface area contributed by atoms with Gasteiger partial charge in [-0.1, -0.05) is 12.1 Å². The normalized spacial score (nSPS) is 31.9. The first-order chi connectivity index (χ1) is 7.48. The maximum absolute atomic E-state index is 12.8. The van der Waals surface area contributed by atoms with Crippen LogP contribution in [0.5, 0.6) is 0 Å². The Balaban J connectivity index is 2.17. The lowest BCUT2D eigenvalue weighted by atomic mass is 9.86. The van der Waals surface area contributed by atoms with E-state index in [1.807, 2.05) is 0 Å². The fourth-order valence-electron chi connectivity index (χ4n) is 3.19. The highest BCUT2D eigenvalue weighted by atomic mass is 19.4. The number of halogens is 3. The molecule has 0 aromatic heterocycles. The van der Waals surface area contributed by atoms with E-state index in [0.29, 0.717) is 24.0 Å². The molecular formula is C12H11F3O. The van der Waals surface area contributed by atoms with Crippen molar-refractivity contribution in [3.05, 3.63) is 34.9 Å². The second kappa shape index (κ2) is 3.00. The van der Waals surface area contributed by atoms with E-state index in [4.69, 9.17) is 0 Å². The van der Waals surface area contributed by atoms with E-state index in [-0.39, 0.29) is 11.8 Å². The maximum atomic E-state index is 12.8. The Kier molecular flexibility index (Phi) is 1.90. The lowest BCUT2D eigenvalue weighted by Gasteiger charge is -2.23. The van der Waals surface area contributed by atoms with Gasteiger partial charge in [0.25, 0.3) is 0 Å². The fourth-order valence-corrected chi connectivity index (χ4v) is 3.19. The SMILES string of the molecule is O[C@H]1C[C@H]2C[C@H]1c1cccc(C(F)(F)F)c12. The van der Waals surface area contributed by atoms with Gasteiger partial charge in [0.1, 0.15) is 0 Å². The summed E-state index contributed by atoms with van der Waals surface area (Å²) >= 11 is 0. The molecule has 1 saturated carbocycles. The predicted octanol–water partition coefficient (Wildman–Crippen LogP) is 3.04. The number of aliphatic hydroxyl groups excluding tert-OH is 1. The quantitative estimate of drug-likeness (QED) is 0.723. The molecule has 0 spiro atoms. The van der Waals surface area contributed by atoms with E-state index in [0.717, 1.165) is 6.07 Å². The van der Waals surface area contributed by atoms with Crippen molar-refractivity contribution in [1.29, 1.82) is 0 Å². The average Bonchev–Trinajstić information content (AvgIpc) is 2.73. The molecule has 0 unspecified atom stereocenters. The summed E-state index contributed by atoms with van der Waals surface area (Å²) in [5.41, 5.74) is 0.633. The summed E-state index contributed by atoms with van der Waals surface area (Å²) in [6.45, 7) is 0. The van der Waals surface area contributed by atoms with Crippen molar-refractivity contribution in [3.8, 4) is 0 Å². The average molecular weight is 228 g/mol. The highest BCUT2D eigenvalue weighted by Gasteiger charge is 2.47. The molecule has 86 valence electrons. The van der Waals surface area contributed by atoms with Gasteiger partial charge in [-0.25, -0.2) is 0 Å². The summed E-state index contributed by atoms with van der Waals surface area (Å²) in [6, 6.07) is 4.30. The van der Waals surface area contributed by atoms with Crippen LogP contribution in [0.1, 0.15) is 41.4 Å². The topological polar surface area (TPSA) is 20.2 Å². The minimum absolute atomic E-state index is 0.0812. The van der Waals surface area contributed by atoms with Crippen LogP contribution >= 0.6 is 0 Å². The van der Waals surface area contributed by atoms with E-state index in [2.05, 4.69) is 0 Å². The Bertz CT molecular complexity index is 438. The van der Waals surface area contributed by atoms with Crippen LogP contribution in [0.4, 0.5) is 13.2 Å². The molecule has 2 bridgehead atoms. The summed E-state index contributed by atoms with van der Waals surface area (Å²) in [4.78, 5) is 0. The number of benzene rings is 1. The number of hydrogen-bond donors (Lipinski definition) is 1. The van der Waals surface area contributed by atoms with Gasteiger partial charge in [0.2, 0.25) is 0 Å². The fraction of sp³-hybridized carbons (Fsp3) is 0.500. The van der Waals surface area contributed by atoms with Gasteiger partial charge in [-0.05, 0) is 36.0 Å². The first-order valence-electron chi connectivity index (χ1n) is 5.36. The molecule has 0 saturated heterocycles. The zero-order chi connectivity index (χ0) is 11.5. The van der Waals surface area contributed by atoms with Crippen LogP contribution in [0.2, 0.25) is 0 Å². The molecule has 2 aliphatic rings. The summed E-state index contributed by atoms with van der Waals surface area (Å²) in [5, 5.41) is 9.68. The van der Waals surface area contributed by atoms with Crippen LogP contribution in [-0.2, 0) is 6.18 Å². The van der Waals surface area contributed by atoms with Crippen LogP contribution < -0.4 is 0 Å². The van der Waals surface area contributed by atoms with Gasteiger partial charge in [0, 0.05) is 5.92 Å². The smallest absolute Gasteiger partial charge is 0.392 e. The number of alkyl halides is 3. The first kappa shape index (κ1) is 10.1. The van der Waals surface area contributed by atoms with Gasteiger partial charge in [-0.2, -0.15) is 13.2 Å². The van der Waals surface area contributed by atoms with Gasteiger partial charge in [-0.15, -0.1) is 0 Å². The predicted molar refractivity (Wildman–Crippen MR) is 52.2 cm³/mol. The molecule has 1 nitrogen and oxygen atoms in total. The molecule has 0 aliphatic heterocycles. The Hall–Kier alpha value is -1.03. The molecular weight excluding hydrogens is 217 g/mol. The van der Waals surface area contributed by atoms with Gasteiger partial charge < -0.3 is 5.11 Å². The summed E-state index contributed by atoms with van der Waals surface area (Å²) in [7, 11) is 0. The van der Waals surface area contributed by atoms with Crippen molar-refractivity contribution >= 4 is 0 Å². The van der Waals surface area contributed by atoms with Crippen LogP contribution in [0.3, 0.4) is 0 Å². The van der Waals surface area contributed by atoms with E-state index < -0.39 is 17.8 Å². The highest BCUT2D eigenvalue weighted by molar-refractivity contribution is 5.48. The molecule has 1 aromatic carbocycles. The standard InChI is InChI=1S/C12H11F3O/c13-12(14,15)9-3-1-2-7-8-4-6(11(7)9)5-10(8)16/h1-3,6,8,10,16H,4-5H2/t6-,8+,10+/m1/s1. The first-order valence-corrected chi connectivity index (χ1v) is 5.36.